The third kappa shape index (κ3) is 6.54. The molecule has 0 fully saturated rings. The summed E-state index contributed by atoms with van der Waals surface area (Å²) in [5.41, 5.74) is 4.57. The number of hydrogen-bond acceptors (Lipinski definition) is 7. The average molecular weight is 399 g/mol. The highest BCUT2D eigenvalue weighted by atomic mass is 32.2. The smallest absolute Gasteiger partial charge is 0.256 e. The van der Waals surface area contributed by atoms with Crippen LogP contribution >= 0.6 is 11.3 Å². The largest absolute Gasteiger partial charge is 0.381 e. The van der Waals surface area contributed by atoms with Gasteiger partial charge in [-0.1, -0.05) is 0 Å². The van der Waals surface area contributed by atoms with Crippen molar-refractivity contribution < 1.29 is 23.1 Å². The van der Waals surface area contributed by atoms with Gasteiger partial charge in [0.15, 0.2) is 9.84 Å². The maximum absolute atomic E-state index is 11.4. The molecule has 0 aliphatic heterocycles. The van der Waals surface area contributed by atoms with Crippen LogP contribution in [0, 0.1) is 6.92 Å². The molecular formula is C16H21N3O5S2. The third-order valence-electron chi connectivity index (χ3n) is 3.01. The van der Waals surface area contributed by atoms with Crippen LogP contribution in [0.4, 0.5) is 5.00 Å². The number of carbonyl (C=O) groups is 2. The van der Waals surface area contributed by atoms with Crippen LogP contribution in [0.1, 0.15) is 29.9 Å². The molecule has 142 valence electrons. The number of amides is 2. The fourth-order valence-electron chi connectivity index (χ4n) is 1.61. The Labute approximate surface area is 156 Å². The van der Waals surface area contributed by atoms with Crippen molar-refractivity contribution in [2.24, 2.45) is 5.73 Å². The van der Waals surface area contributed by atoms with E-state index in [4.69, 9.17) is 5.73 Å². The van der Waals surface area contributed by atoms with Crippen molar-refractivity contribution in [1.82, 2.24) is 4.98 Å². The van der Waals surface area contributed by atoms with Gasteiger partial charge >= 0.3 is 0 Å². The van der Waals surface area contributed by atoms with Gasteiger partial charge in [-0.05, 0) is 44.4 Å². The number of pyridine rings is 1. The van der Waals surface area contributed by atoms with Gasteiger partial charge in [-0.15, -0.1) is 11.3 Å². The number of primary amides is 1. The van der Waals surface area contributed by atoms with Crippen molar-refractivity contribution in [3.05, 3.63) is 41.0 Å². The maximum atomic E-state index is 11.4. The molecule has 8 nitrogen and oxygen atoms in total. The van der Waals surface area contributed by atoms with E-state index in [-0.39, 0.29) is 5.56 Å². The second kappa shape index (κ2) is 8.39. The Bertz CT molecular complexity index is 899. The number of rotatable bonds is 4. The molecule has 2 amide bonds. The lowest BCUT2D eigenvalue weighted by Crippen LogP contribution is -2.36. The monoisotopic (exact) mass is 399 g/mol. The summed E-state index contributed by atoms with van der Waals surface area (Å²) in [5.74, 6) is -1.19. The summed E-state index contributed by atoms with van der Waals surface area (Å²) in [4.78, 5) is 26.5. The molecule has 2 aromatic rings. The van der Waals surface area contributed by atoms with E-state index in [0.29, 0.717) is 15.6 Å². The van der Waals surface area contributed by atoms with Gasteiger partial charge in [0.25, 0.3) is 11.8 Å². The van der Waals surface area contributed by atoms with E-state index in [1.807, 2.05) is 0 Å². The Hall–Kier alpha value is -2.30. The van der Waals surface area contributed by atoms with Crippen LogP contribution in [-0.2, 0) is 14.6 Å². The van der Waals surface area contributed by atoms with E-state index >= 15 is 0 Å². The fraction of sp³-hybridized carbons (Fsp3) is 0.312. The van der Waals surface area contributed by atoms with Gasteiger partial charge in [0.1, 0.15) is 10.6 Å². The molecule has 4 N–H and O–H groups in total. The number of sulfone groups is 1. The van der Waals surface area contributed by atoms with Crippen molar-refractivity contribution in [3.63, 3.8) is 0 Å². The lowest BCUT2D eigenvalue weighted by Gasteiger charge is -2.16. The van der Waals surface area contributed by atoms with Crippen LogP contribution in [0.15, 0.2) is 34.7 Å². The van der Waals surface area contributed by atoms with Crippen LogP contribution in [0.3, 0.4) is 0 Å². The van der Waals surface area contributed by atoms with Gasteiger partial charge in [0, 0.05) is 18.1 Å². The van der Waals surface area contributed by atoms with E-state index in [0.717, 1.165) is 0 Å². The standard InChI is InChI=1S/C9H12N2O3S.C7H9NO2S/c1-9(2,14)8(13)11-7-5(6(10)12)3-4-15-7;1-6-5-7(3-4-8-6)11(2,9)10/h3-4,14H,1-2H3,(H2,10,12)(H,11,13);3-5H,1-2H3. The molecule has 0 spiro atoms. The van der Waals surface area contributed by atoms with E-state index in [1.54, 1.807) is 18.4 Å². The van der Waals surface area contributed by atoms with Crippen LogP contribution in [0.5, 0.6) is 0 Å². The molecule has 0 bridgehead atoms. The van der Waals surface area contributed by atoms with Crippen molar-refractivity contribution in [1.29, 1.82) is 0 Å². The number of carbonyl (C=O) groups excluding carboxylic acids is 2. The Morgan fingerprint density at radius 1 is 1.31 bits per heavy atom. The highest BCUT2D eigenvalue weighted by Crippen LogP contribution is 2.23. The lowest BCUT2D eigenvalue weighted by atomic mass is 10.1. The summed E-state index contributed by atoms with van der Waals surface area (Å²) < 4.78 is 21.9. The zero-order valence-corrected chi connectivity index (χ0v) is 16.4. The van der Waals surface area contributed by atoms with Crippen molar-refractivity contribution in [2.45, 2.75) is 31.3 Å². The Balaban J connectivity index is 0.000000273. The molecule has 2 rings (SSSR count). The van der Waals surface area contributed by atoms with Crippen molar-refractivity contribution in [2.75, 3.05) is 11.6 Å². The first kappa shape index (κ1) is 21.7. The van der Waals surface area contributed by atoms with Gasteiger partial charge in [0.05, 0.1) is 10.5 Å². The van der Waals surface area contributed by atoms with Crippen molar-refractivity contribution >= 4 is 38.0 Å². The summed E-state index contributed by atoms with van der Waals surface area (Å²) in [5, 5.41) is 13.8. The Morgan fingerprint density at radius 3 is 2.35 bits per heavy atom. The zero-order chi connectivity index (χ0) is 20.1. The number of hydrogen-bond donors (Lipinski definition) is 3. The minimum atomic E-state index is -3.07. The topological polar surface area (TPSA) is 139 Å². The quantitative estimate of drug-likeness (QED) is 0.709. The molecule has 10 heteroatoms. The average Bonchev–Trinajstić information content (AvgIpc) is 2.94. The first-order valence-electron chi connectivity index (χ1n) is 7.36. The van der Waals surface area contributed by atoms with E-state index in [9.17, 15) is 23.1 Å². The summed E-state index contributed by atoms with van der Waals surface area (Å²) >= 11 is 1.18. The highest BCUT2D eigenvalue weighted by molar-refractivity contribution is 7.90. The molecule has 26 heavy (non-hydrogen) atoms. The van der Waals surface area contributed by atoms with Gasteiger partial charge in [-0.2, -0.15) is 0 Å². The summed E-state index contributed by atoms with van der Waals surface area (Å²) in [6.07, 6.45) is 2.67. The minimum absolute atomic E-state index is 0.248. The second-order valence-electron chi connectivity index (χ2n) is 5.95. The van der Waals surface area contributed by atoms with E-state index in [1.165, 1.54) is 49.8 Å². The van der Waals surface area contributed by atoms with Crippen LogP contribution in [0.25, 0.3) is 0 Å². The normalized spacial score (nSPS) is 11.3. The number of aromatic nitrogens is 1. The molecule has 2 heterocycles. The van der Waals surface area contributed by atoms with Crippen LogP contribution < -0.4 is 11.1 Å². The number of anilines is 1. The maximum Gasteiger partial charge on any atom is 0.256 e. The molecule has 0 aromatic carbocycles. The second-order valence-corrected chi connectivity index (χ2v) is 8.88. The third-order valence-corrected chi connectivity index (χ3v) is 4.95. The Kier molecular flexibility index (Phi) is 7.01. The van der Waals surface area contributed by atoms with Gasteiger partial charge in [-0.25, -0.2) is 8.42 Å². The molecular weight excluding hydrogens is 378 g/mol. The highest BCUT2D eigenvalue weighted by Gasteiger charge is 2.25. The number of thiophene rings is 1. The van der Waals surface area contributed by atoms with E-state index < -0.39 is 27.3 Å². The first-order valence-corrected chi connectivity index (χ1v) is 10.1. The van der Waals surface area contributed by atoms with Gasteiger partial charge in [-0.3, -0.25) is 14.6 Å². The number of nitrogens with two attached hydrogens (primary N) is 1. The molecule has 2 aromatic heterocycles. The number of aryl methyl sites for hydroxylation is 1. The molecule has 0 unspecified atom stereocenters. The van der Waals surface area contributed by atoms with Crippen molar-refractivity contribution in [3.8, 4) is 0 Å². The SMILES string of the molecule is CC(C)(O)C(=O)Nc1sccc1C(N)=O.Cc1cc(S(C)(=O)=O)ccn1. The number of nitrogens with one attached hydrogen (secondary N) is 1. The predicted octanol–water partition coefficient (Wildman–Crippen LogP) is 1.35. The number of aliphatic hydroxyl groups is 1. The number of nitrogens with zero attached hydrogens (tertiary/aromatic N) is 1. The molecule has 0 aliphatic carbocycles. The first-order chi connectivity index (χ1) is 11.8. The lowest BCUT2D eigenvalue weighted by molar-refractivity contribution is -0.130. The van der Waals surface area contributed by atoms with Gasteiger partial charge in [0.2, 0.25) is 0 Å². The molecule has 0 saturated carbocycles. The minimum Gasteiger partial charge on any atom is -0.381 e. The predicted molar refractivity (Wildman–Crippen MR) is 99.8 cm³/mol. The molecule has 0 saturated heterocycles. The zero-order valence-electron chi connectivity index (χ0n) is 14.8. The molecule has 0 radical (unpaired) electrons. The summed E-state index contributed by atoms with van der Waals surface area (Å²) in [6.45, 7) is 4.48. The molecule has 0 aliphatic rings. The van der Waals surface area contributed by atoms with Gasteiger partial charge < -0.3 is 16.2 Å². The summed E-state index contributed by atoms with van der Waals surface area (Å²) in [6, 6.07) is 4.56. The Morgan fingerprint density at radius 2 is 1.92 bits per heavy atom. The van der Waals surface area contributed by atoms with Crippen LogP contribution in [0.2, 0.25) is 0 Å². The van der Waals surface area contributed by atoms with Crippen LogP contribution in [-0.4, -0.2) is 42.2 Å². The van der Waals surface area contributed by atoms with E-state index in [2.05, 4.69) is 10.3 Å². The molecule has 0 atom stereocenters. The summed E-state index contributed by atoms with van der Waals surface area (Å²) in [7, 11) is -3.07. The fourth-order valence-corrected chi connectivity index (χ4v) is 3.09.